The van der Waals surface area contributed by atoms with E-state index in [4.69, 9.17) is 57.2 Å². The van der Waals surface area contributed by atoms with Gasteiger partial charge in [0.2, 0.25) is 0 Å². The highest BCUT2D eigenvalue weighted by Gasteiger charge is 2.56. The van der Waals surface area contributed by atoms with Crippen LogP contribution in [0.25, 0.3) is 10.8 Å². The molecule has 0 radical (unpaired) electrons. The number of hydrogen-bond donors (Lipinski definition) is 11. The number of allylic oxidation sites excluding steroid dienone is 2. The van der Waals surface area contributed by atoms with E-state index in [2.05, 4.69) is 20.3 Å². The summed E-state index contributed by atoms with van der Waals surface area (Å²) in [5.74, 6) is -13.8. The Labute approximate surface area is 703 Å². The summed E-state index contributed by atoms with van der Waals surface area (Å²) in [4.78, 5) is 86.4. The van der Waals surface area contributed by atoms with Gasteiger partial charge < -0.3 is 118 Å². The Bertz CT molecular complexity index is 4150. The number of carboxylic acids is 1. The number of aromatic nitrogens is 1. The Morgan fingerprint density at radius 2 is 1.40 bits per heavy atom. The molecule has 33 nitrogen and oxygen atoms in total. The largest absolute Gasteiger partial charge is 0.507 e. The lowest BCUT2D eigenvalue weighted by molar-refractivity contribution is -0.319. The smallest absolute Gasteiger partial charge is 0.354 e. The lowest BCUT2D eigenvalue weighted by atomic mass is 9.74. The molecular weight excluding hydrogens is 1560 g/mol. The minimum atomic E-state index is -2.04. The monoisotopic (exact) mass is 1690 g/mol. The van der Waals surface area contributed by atoms with Gasteiger partial charge >= 0.3 is 23.7 Å². The number of carboxylic acid groups (broad SMARTS) is 1. The number of benzene rings is 2. The van der Waals surface area contributed by atoms with Gasteiger partial charge in [0.15, 0.2) is 18.3 Å². The highest BCUT2D eigenvalue weighted by atomic mass is 16.7. The van der Waals surface area contributed by atoms with Gasteiger partial charge in [0, 0.05) is 138 Å². The molecular formula is C87H132N6O27. The van der Waals surface area contributed by atoms with Crippen LogP contribution in [-0.2, 0) is 66.5 Å². The second kappa shape index (κ2) is 41.6. The van der Waals surface area contributed by atoms with Gasteiger partial charge in [-0.2, -0.15) is 5.10 Å². The number of pyridine rings is 1. The number of anilines is 1. The molecule has 4 fully saturated rings. The molecule has 672 valence electrons. The molecule has 1 aromatic heterocycles. The average molecular weight is 1690 g/mol. The van der Waals surface area contributed by atoms with Gasteiger partial charge in [-0.05, 0) is 114 Å². The topological polar surface area (TPSA) is 453 Å². The number of Topliss-reactive ketones (excluding diaryl/α,β-unsaturated/α-hetero) is 2. The summed E-state index contributed by atoms with van der Waals surface area (Å²) in [5, 5.41) is 121. The van der Waals surface area contributed by atoms with E-state index >= 15 is 0 Å². The lowest BCUT2D eigenvalue weighted by Crippen LogP contribution is -2.61. The summed E-state index contributed by atoms with van der Waals surface area (Å²) in [5.41, 5.74) is -4.51. The van der Waals surface area contributed by atoms with E-state index < -0.39 is 197 Å². The fourth-order valence-electron chi connectivity index (χ4n) is 17.0. The molecule has 33 heteroatoms. The summed E-state index contributed by atoms with van der Waals surface area (Å²) in [6, 6.07) is 4.47. The number of likely N-dealkylation sites (N-methyl/N-ethyl adjacent to an activating group) is 2. The summed E-state index contributed by atoms with van der Waals surface area (Å²) in [6.45, 7) is 32.1. The number of carbonyl (C=O) groups is 6. The Balaban J connectivity index is 0.000000301. The number of aliphatic hydroxyl groups is 6. The van der Waals surface area contributed by atoms with E-state index in [1.807, 2.05) is 39.9 Å². The molecule has 4 saturated heterocycles. The molecule has 0 saturated carbocycles. The van der Waals surface area contributed by atoms with Crippen LogP contribution < -0.4 is 10.1 Å². The first-order valence-corrected chi connectivity index (χ1v) is 41.1. The van der Waals surface area contributed by atoms with Crippen molar-refractivity contribution in [2.75, 3.05) is 74.0 Å². The number of aromatic hydroxyl groups is 3. The van der Waals surface area contributed by atoms with Crippen LogP contribution >= 0.6 is 0 Å². The molecule has 0 unspecified atom stereocenters. The fraction of sp³-hybridized carbons (Fsp3) is 0.678. The number of ketones is 2. The van der Waals surface area contributed by atoms with Crippen molar-refractivity contribution in [3.8, 4) is 23.0 Å². The van der Waals surface area contributed by atoms with Crippen LogP contribution in [0, 0.1) is 54.3 Å². The fourth-order valence-corrected chi connectivity index (χ4v) is 17.0. The summed E-state index contributed by atoms with van der Waals surface area (Å²) < 4.78 is 67.5. The minimum absolute atomic E-state index is 0.0559. The first kappa shape index (κ1) is 99.3. The Morgan fingerprint density at radius 1 is 0.758 bits per heavy atom. The van der Waals surface area contributed by atoms with Crippen LogP contribution in [0.1, 0.15) is 175 Å². The van der Waals surface area contributed by atoms with E-state index in [9.17, 15) is 74.7 Å². The van der Waals surface area contributed by atoms with Crippen molar-refractivity contribution < 1.29 is 132 Å². The number of fused-ring (bicyclic) bond motifs is 14. The van der Waals surface area contributed by atoms with Crippen molar-refractivity contribution in [1.29, 1.82) is 0 Å². The normalized spacial score (nSPS) is 37.7. The van der Waals surface area contributed by atoms with Gasteiger partial charge in [0.1, 0.15) is 58.7 Å². The first-order chi connectivity index (χ1) is 56.0. The van der Waals surface area contributed by atoms with Crippen molar-refractivity contribution in [2.24, 2.45) is 52.4 Å². The number of aliphatic hydroxyl groups excluding tert-OH is 5. The molecule has 0 spiro atoms. The van der Waals surface area contributed by atoms with Crippen LogP contribution in [0.5, 0.6) is 23.0 Å². The van der Waals surface area contributed by atoms with E-state index in [0.29, 0.717) is 19.5 Å². The van der Waals surface area contributed by atoms with Crippen LogP contribution in [-0.4, -0.2) is 296 Å². The number of phenolic OH excluding ortho intramolecular Hbond substituents is 3. The van der Waals surface area contributed by atoms with Gasteiger partial charge in [0.25, 0.3) is 11.7 Å². The minimum Gasteiger partial charge on any atom is -0.507 e. The molecule has 7 aliphatic heterocycles. The number of aromatic carboxylic acids is 1. The quantitative estimate of drug-likeness (QED) is 0.0340. The van der Waals surface area contributed by atoms with E-state index in [-0.39, 0.29) is 87.4 Å². The molecule has 8 heterocycles. The van der Waals surface area contributed by atoms with Crippen molar-refractivity contribution in [3.05, 3.63) is 82.9 Å². The van der Waals surface area contributed by atoms with Gasteiger partial charge in [0.05, 0.1) is 101 Å². The number of piperazine rings is 1. The molecule has 7 aliphatic rings. The van der Waals surface area contributed by atoms with Gasteiger partial charge in [-0.25, -0.2) is 9.78 Å². The second-order valence-corrected chi connectivity index (χ2v) is 34.3. The molecule has 5 bridgehead atoms. The maximum Gasteiger partial charge on any atom is 0.354 e. The number of hydrogen-bond acceptors (Lipinski definition) is 31. The van der Waals surface area contributed by atoms with Crippen LogP contribution in [0.4, 0.5) is 5.69 Å². The van der Waals surface area contributed by atoms with Crippen LogP contribution in [0.15, 0.2) is 65.6 Å². The van der Waals surface area contributed by atoms with Crippen molar-refractivity contribution in [1.82, 2.24) is 19.8 Å². The summed E-state index contributed by atoms with van der Waals surface area (Å²) in [6.07, 6.45) is -2.42. The maximum absolute atomic E-state index is 14.4. The molecule has 0 aliphatic carbocycles. The van der Waals surface area contributed by atoms with Crippen LogP contribution in [0.3, 0.4) is 0 Å². The maximum atomic E-state index is 14.4. The molecule has 27 atom stereocenters. The Morgan fingerprint density at radius 3 is 1.97 bits per heavy atom. The third-order valence-corrected chi connectivity index (χ3v) is 25.0. The number of cyclic esters (lactones) is 1. The van der Waals surface area contributed by atoms with Crippen molar-refractivity contribution in [3.63, 3.8) is 0 Å². The van der Waals surface area contributed by atoms with Gasteiger partial charge in [-0.1, -0.05) is 79.7 Å². The predicted molar refractivity (Wildman–Crippen MR) is 443 cm³/mol. The molecule has 2 aromatic carbocycles. The zero-order valence-electron chi connectivity index (χ0n) is 73.9. The third-order valence-electron chi connectivity index (χ3n) is 25.0. The zero-order valence-corrected chi connectivity index (χ0v) is 73.9. The summed E-state index contributed by atoms with van der Waals surface area (Å²) in [7, 11) is 10.2. The highest BCUT2D eigenvalue weighted by molar-refractivity contribution is 6.24. The van der Waals surface area contributed by atoms with E-state index in [1.54, 1.807) is 105 Å². The number of carbonyl (C=O) groups excluding carboxylic acids is 5. The number of rotatable bonds is 13. The zero-order chi connectivity index (χ0) is 90.0. The molecule has 10 rings (SSSR count). The Hall–Kier alpha value is -7.84. The highest BCUT2D eigenvalue weighted by Crippen LogP contribution is 2.55. The van der Waals surface area contributed by atoms with Gasteiger partial charge in [-0.15, -0.1) is 0 Å². The SMILES string of the molecule is CC[C@H]1OC(=O)[C@H](C)[C@@H](O[C@H]2C[C@@](C)(OC)[C@@H](O)[C@H](C)O2)[C@H](C)[C@@H](O[C@@H]2O[C@H](C)C[C@H](N(C)C)[C@H]2O)[C@](C)(OC)C[C@@H](C)C(=O)[C@H](C)[C@@H](O)[C@]1(C)O.CO[C@H]1/C=C/O[C@@]2(C)Oc3c(C)c(O)c4c(O)c(c(/C=N\N5CCN(C)CC5)c(O)c4c3C2=O)NC(=O)/C(C)=C\C=C\[C@H](C)[C@H](O)[C@@H](C)[C@@H](O)[C@@H](C)[C@H](OC(C)=O)[C@@H]1C.O=C(O)c1ccccn1. The number of nitrogens with one attached hydrogen (secondary N) is 1. The molecule has 11 N–H and O–H groups in total. The number of hydrazone groups is 1. The van der Waals surface area contributed by atoms with Gasteiger partial charge in [-0.3, -0.25) is 29.0 Å². The van der Waals surface area contributed by atoms with Crippen molar-refractivity contribution >= 4 is 58.1 Å². The summed E-state index contributed by atoms with van der Waals surface area (Å²) >= 11 is 0. The average Bonchev–Trinajstić information content (AvgIpc) is 1.43. The second-order valence-electron chi connectivity index (χ2n) is 34.3. The standard InChI is InChI=1S/C43H58N4O12.C38H69NO13.C6H5NO2/c1-21-12-11-13-22(2)42(55)45-33-28(20-44-47-17-15-46(9)16-18-47)37(52)30-31(38(33)53)36(51)26(6)40-32(30)41(54)43(8,59-40)57-19-14-29(56-10)23(3)39(58-27(7)48)25(5)35(50)24(4)34(21)49;1-15-26-38(10,45)31(42)21(4)28(40)19(2)17-37(9,47-14)33(52-35-29(41)25(39(11)12)16-20(3)48-35)22(5)30(23(6)34(44)50-26)51-27-18-36(8,46-13)32(43)24(7)49-27;8-6(9)5-3-1-2-4-7-5/h11-14,19-21,23-25,29,34-35,39,49-53H,15-18H2,1-10H3,(H,45,55);19-27,29-33,35,41-43,45H,15-18H2,1-14H3;1-4H,(H,8,9)/b12-11+,19-14+,22-13-,44-20-;;/t21-,23+,24+,25+,29-,34-,35+,39+,43-;19-,20-,21+,22+,23-,24+,25+,26-,27+,29-,30+,31-,32+,33-,35+,36-,37-,38-;/m01./s1. The van der Waals surface area contributed by atoms with Crippen LogP contribution in [0.2, 0.25) is 0 Å². The first-order valence-electron chi connectivity index (χ1n) is 41.1. The number of ether oxygens (including phenoxy) is 11. The molecule has 3 aromatic rings. The number of phenols is 3. The van der Waals surface area contributed by atoms with E-state index in [1.165, 1.54) is 92.8 Å². The third kappa shape index (κ3) is 22.2. The molecule has 120 heavy (non-hydrogen) atoms. The number of esters is 2. The number of methoxy groups -OCH3 is 3. The number of amides is 1. The van der Waals surface area contributed by atoms with E-state index in [0.717, 1.165) is 13.1 Å². The number of nitrogens with zero attached hydrogens (tertiary/aromatic N) is 5. The van der Waals surface area contributed by atoms with Crippen molar-refractivity contribution in [2.45, 2.75) is 265 Å². The predicted octanol–water partition coefficient (Wildman–Crippen LogP) is 7.55. The Kier molecular flexibility index (Phi) is 34.4. The molecule has 1 amide bonds. The lowest BCUT2D eigenvalue weighted by Gasteiger charge is -2.50.